The highest BCUT2D eigenvalue weighted by Crippen LogP contribution is 2.30. The Labute approximate surface area is 144 Å². The third kappa shape index (κ3) is 3.73. The van der Waals surface area contributed by atoms with E-state index in [4.69, 9.17) is 20.8 Å². The van der Waals surface area contributed by atoms with Gasteiger partial charge >= 0.3 is 5.97 Å². The van der Waals surface area contributed by atoms with E-state index in [1.54, 1.807) is 13.8 Å². The van der Waals surface area contributed by atoms with Crippen LogP contribution in [0.3, 0.4) is 0 Å². The van der Waals surface area contributed by atoms with E-state index < -0.39 is 5.97 Å². The minimum absolute atomic E-state index is 0.0506. The van der Waals surface area contributed by atoms with Gasteiger partial charge in [-0.05, 0) is 20.8 Å². The number of rotatable bonds is 6. The number of esters is 1. The van der Waals surface area contributed by atoms with Gasteiger partial charge < -0.3 is 14.5 Å². The minimum Gasteiger partial charge on any atom is -0.462 e. The van der Waals surface area contributed by atoms with E-state index in [2.05, 4.69) is 15.3 Å². The minimum atomic E-state index is -0.641. The van der Waals surface area contributed by atoms with E-state index in [0.717, 1.165) is 0 Å². The molecule has 0 fully saturated rings. The van der Waals surface area contributed by atoms with Crippen molar-refractivity contribution in [2.24, 2.45) is 0 Å². The summed E-state index contributed by atoms with van der Waals surface area (Å²) in [4.78, 5) is 32.5. The Hall–Kier alpha value is -2.41. The molecule has 0 aromatic carbocycles. The lowest BCUT2D eigenvalue weighted by Gasteiger charge is -2.07. The summed E-state index contributed by atoms with van der Waals surface area (Å²) in [6, 6.07) is 1.50. The molecule has 0 bridgehead atoms. The third-order valence-electron chi connectivity index (χ3n) is 3.21. The molecule has 2 heterocycles. The van der Waals surface area contributed by atoms with Gasteiger partial charge in [0.2, 0.25) is 5.88 Å². The second-order valence-corrected chi connectivity index (χ2v) is 5.37. The molecule has 7 nitrogen and oxygen atoms in total. The van der Waals surface area contributed by atoms with Crippen molar-refractivity contribution in [3.63, 3.8) is 0 Å². The molecule has 0 saturated carbocycles. The largest absolute Gasteiger partial charge is 0.462 e. The molecule has 128 valence electrons. The fraction of sp³-hybridized carbons (Fsp3) is 0.375. The molecule has 0 amide bonds. The number of hydrogen-bond donors (Lipinski definition) is 1. The SMILES string of the molecule is CCOC(=O)c1c(Nc2cc(Cl)nc(CC)n2)oc(C)c1C(C)=O. The van der Waals surface area contributed by atoms with Crippen molar-refractivity contribution < 1.29 is 18.7 Å². The molecule has 2 aromatic rings. The molecule has 0 aliphatic carbocycles. The standard InChI is InChI=1S/C16H18ClN3O4/c1-5-11-18-10(17)7-12(19-11)20-15-14(16(22)23-6-2)13(8(3)21)9(4)24-15/h7H,5-6H2,1-4H3,(H,18,19,20). The van der Waals surface area contributed by atoms with Crippen LogP contribution in [0.5, 0.6) is 0 Å². The molecule has 0 unspecified atom stereocenters. The molecule has 1 N–H and O–H groups in total. The fourth-order valence-electron chi connectivity index (χ4n) is 2.26. The third-order valence-corrected chi connectivity index (χ3v) is 3.41. The second-order valence-electron chi connectivity index (χ2n) is 4.98. The topological polar surface area (TPSA) is 94.3 Å². The van der Waals surface area contributed by atoms with Crippen molar-refractivity contribution in [2.45, 2.75) is 34.1 Å². The number of furan rings is 1. The summed E-state index contributed by atoms with van der Waals surface area (Å²) in [7, 11) is 0. The van der Waals surface area contributed by atoms with E-state index in [-0.39, 0.29) is 34.6 Å². The number of ether oxygens (including phenoxy) is 1. The molecule has 0 saturated heterocycles. The lowest BCUT2D eigenvalue weighted by molar-refractivity contribution is 0.0524. The first-order valence-corrected chi connectivity index (χ1v) is 7.87. The molecule has 2 aromatic heterocycles. The van der Waals surface area contributed by atoms with E-state index in [1.165, 1.54) is 13.0 Å². The van der Waals surface area contributed by atoms with Gasteiger partial charge in [0.25, 0.3) is 0 Å². The van der Waals surface area contributed by atoms with Crippen molar-refractivity contribution in [2.75, 3.05) is 11.9 Å². The lowest BCUT2D eigenvalue weighted by Crippen LogP contribution is -2.11. The maximum atomic E-state index is 12.3. The molecule has 24 heavy (non-hydrogen) atoms. The summed E-state index contributed by atoms with van der Waals surface area (Å²) in [5, 5.41) is 3.15. The fourth-order valence-corrected chi connectivity index (χ4v) is 2.46. The maximum absolute atomic E-state index is 12.3. The first-order valence-electron chi connectivity index (χ1n) is 7.49. The lowest BCUT2D eigenvalue weighted by atomic mass is 10.1. The summed E-state index contributed by atoms with van der Waals surface area (Å²) >= 11 is 5.97. The summed E-state index contributed by atoms with van der Waals surface area (Å²) in [6.07, 6.45) is 0.593. The van der Waals surface area contributed by atoms with E-state index in [1.807, 2.05) is 6.92 Å². The molecule has 8 heteroatoms. The van der Waals surface area contributed by atoms with Crippen LogP contribution in [-0.4, -0.2) is 28.3 Å². The molecular weight excluding hydrogens is 334 g/mol. The molecule has 0 spiro atoms. The predicted octanol–water partition coefficient (Wildman–Crippen LogP) is 3.72. The summed E-state index contributed by atoms with van der Waals surface area (Å²) in [5.41, 5.74) is 0.237. The Morgan fingerprint density at radius 3 is 2.58 bits per heavy atom. The molecule has 2 rings (SSSR count). The number of aromatic nitrogens is 2. The van der Waals surface area contributed by atoms with Crippen LogP contribution in [0.15, 0.2) is 10.5 Å². The summed E-state index contributed by atoms with van der Waals surface area (Å²) in [5.74, 6) is 0.385. The van der Waals surface area contributed by atoms with Gasteiger partial charge in [-0.2, -0.15) is 0 Å². The maximum Gasteiger partial charge on any atom is 0.344 e. The number of aryl methyl sites for hydroxylation is 2. The normalized spacial score (nSPS) is 10.5. The highest BCUT2D eigenvalue weighted by molar-refractivity contribution is 6.29. The summed E-state index contributed by atoms with van der Waals surface area (Å²) in [6.45, 7) is 6.73. The van der Waals surface area contributed by atoms with Gasteiger partial charge in [-0.3, -0.25) is 4.79 Å². The molecule has 0 aliphatic rings. The number of anilines is 2. The zero-order valence-corrected chi connectivity index (χ0v) is 14.7. The first-order chi connectivity index (χ1) is 11.4. The molecule has 0 aliphatic heterocycles. The monoisotopic (exact) mass is 351 g/mol. The van der Waals surface area contributed by atoms with Crippen molar-refractivity contribution in [3.8, 4) is 0 Å². The van der Waals surface area contributed by atoms with Gasteiger partial charge in [0.15, 0.2) is 5.78 Å². The van der Waals surface area contributed by atoms with Crippen molar-refractivity contribution in [3.05, 3.63) is 33.9 Å². The number of nitrogens with one attached hydrogen (secondary N) is 1. The van der Waals surface area contributed by atoms with Crippen LogP contribution < -0.4 is 5.32 Å². The molecular formula is C16H18ClN3O4. The van der Waals surface area contributed by atoms with Gasteiger partial charge in [-0.15, -0.1) is 0 Å². The highest BCUT2D eigenvalue weighted by atomic mass is 35.5. The van der Waals surface area contributed by atoms with Crippen LogP contribution in [-0.2, 0) is 11.2 Å². The van der Waals surface area contributed by atoms with Crippen molar-refractivity contribution in [1.82, 2.24) is 9.97 Å². The number of nitrogens with zero attached hydrogens (tertiary/aromatic N) is 2. The van der Waals surface area contributed by atoms with Crippen LogP contribution in [0.25, 0.3) is 0 Å². The zero-order chi connectivity index (χ0) is 17.9. The van der Waals surface area contributed by atoms with Gasteiger partial charge in [-0.25, -0.2) is 14.8 Å². The van der Waals surface area contributed by atoms with Crippen LogP contribution in [0.1, 0.15) is 53.1 Å². The van der Waals surface area contributed by atoms with Crippen LogP contribution in [0.2, 0.25) is 5.15 Å². The number of hydrogen-bond acceptors (Lipinski definition) is 7. The molecule has 0 radical (unpaired) electrons. The van der Waals surface area contributed by atoms with Crippen LogP contribution >= 0.6 is 11.6 Å². The van der Waals surface area contributed by atoms with Crippen LogP contribution in [0.4, 0.5) is 11.7 Å². The van der Waals surface area contributed by atoms with Gasteiger partial charge in [0.1, 0.15) is 28.1 Å². The Morgan fingerprint density at radius 1 is 1.29 bits per heavy atom. The first kappa shape index (κ1) is 17.9. The Balaban J connectivity index is 2.50. The number of carbonyl (C=O) groups is 2. The average Bonchev–Trinajstić information content (AvgIpc) is 2.83. The zero-order valence-electron chi connectivity index (χ0n) is 13.9. The average molecular weight is 352 g/mol. The van der Waals surface area contributed by atoms with E-state index in [0.29, 0.717) is 23.8 Å². The number of Topliss-reactive ketones (excluding diaryl/α,β-unsaturated/α-hetero) is 1. The van der Waals surface area contributed by atoms with Crippen LogP contribution in [0, 0.1) is 6.92 Å². The number of halogens is 1. The van der Waals surface area contributed by atoms with Crippen molar-refractivity contribution >= 4 is 35.1 Å². The molecule has 0 atom stereocenters. The van der Waals surface area contributed by atoms with E-state index >= 15 is 0 Å². The smallest absolute Gasteiger partial charge is 0.344 e. The van der Waals surface area contributed by atoms with Gasteiger partial charge in [0.05, 0.1) is 12.2 Å². The summed E-state index contributed by atoms with van der Waals surface area (Å²) < 4.78 is 10.6. The quantitative estimate of drug-likeness (QED) is 0.481. The predicted molar refractivity (Wildman–Crippen MR) is 89.1 cm³/mol. The van der Waals surface area contributed by atoms with Crippen molar-refractivity contribution in [1.29, 1.82) is 0 Å². The van der Waals surface area contributed by atoms with E-state index in [9.17, 15) is 9.59 Å². The highest BCUT2D eigenvalue weighted by Gasteiger charge is 2.28. The Bertz CT molecular complexity index is 786. The Kier molecular flexibility index (Phi) is 5.56. The Morgan fingerprint density at radius 2 is 2.00 bits per heavy atom. The second kappa shape index (κ2) is 7.44. The number of carbonyl (C=O) groups excluding carboxylic acids is 2. The number of ketones is 1. The van der Waals surface area contributed by atoms with Gasteiger partial charge in [0, 0.05) is 12.5 Å². The van der Waals surface area contributed by atoms with Gasteiger partial charge in [-0.1, -0.05) is 18.5 Å².